The number of hydrogen-bond donors (Lipinski definition) is 2. The summed E-state index contributed by atoms with van der Waals surface area (Å²) in [4.78, 5) is 16.6. The molecular formula is C45H38Cl2N4. The van der Waals surface area contributed by atoms with E-state index in [1.807, 2.05) is 121 Å². The first-order valence-electron chi connectivity index (χ1n) is 17.0. The van der Waals surface area contributed by atoms with Gasteiger partial charge in [0, 0.05) is 33.4 Å². The number of aromatic nitrogens is 4. The van der Waals surface area contributed by atoms with Crippen molar-refractivity contribution in [1.82, 2.24) is 19.9 Å². The Morgan fingerprint density at radius 2 is 0.667 bits per heavy atom. The molecule has 0 fully saturated rings. The van der Waals surface area contributed by atoms with Gasteiger partial charge in [0.05, 0.1) is 32.8 Å². The fourth-order valence-electron chi connectivity index (χ4n) is 5.55. The highest BCUT2D eigenvalue weighted by molar-refractivity contribution is 6.33. The lowest BCUT2D eigenvalue weighted by Gasteiger charge is -2.02. The van der Waals surface area contributed by atoms with E-state index in [-0.39, 0.29) is 0 Å². The SMILES string of the molecule is CCC.Clc1ccccc1-c1nc(-c2ccccc2)c(-c2ccccc2)[nH]1.Clc1ccccc1-c1nc(-c2ccccc2)c(-c2ccccc2)[nH]1. The lowest BCUT2D eigenvalue weighted by Crippen LogP contribution is -1.82. The first-order chi connectivity index (χ1) is 25.1. The second kappa shape index (κ2) is 17.3. The summed E-state index contributed by atoms with van der Waals surface area (Å²) in [5.74, 6) is 1.55. The molecule has 6 heteroatoms. The molecule has 8 rings (SSSR count). The summed E-state index contributed by atoms with van der Waals surface area (Å²) in [6.45, 7) is 4.25. The van der Waals surface area contributed by atoms with Crippen LogP contribution in [0.4, 0.5) is 0 Å². The van der Waals surface area contributed by atoms with E-state index in [1.54, 1.807) is 0 Å². The summed E-state index contributed by atoms with van der Waals surface area (Å²) in [7, 11) is 0. The molecule has 2 N–H and O–H groups in total. The number of nitrogens with one attached hydrogen (secondary N) is 2. The monoisotopic (exact) mass is 704 g/mol. The summed E-state index contributed by atoms with van der Waals surface area (Å²) in [6.07, 6.45) is 1.25. The Bertz CT molecular complexity index is 1990. The van der Waals surface area contributed by atoms with E-state index in [2.05, 4.69) is 72.3 Å². The van der Waals surface area contributed by atoms with Crippen LogP contribution in [0.2, 0.25) is 10.0 Å². The normalized spacial score (nSPS) is 10.4. The molecule has 0 amide bonds. The highest BCUT2D eigenvalue weighted by Crippen LogP contribution is 2.36. The average molecular weight is 706 g/mol. The molecule has 51 heavy (non-hydrogen) atoms. The molecule has 6 aromatic carbocycles. The second-order valence-corrected chi connectivity index (χ2v) is 12.6. The number of hydrogen-bond acceptors (Lipinski definition) is 2. The van der Waals surface area contributed by atoms with E-state index in [0.717, 1.165) is 67.8 Å². The molecule has 8 aromatic rings. The molecule has 2 aromatic heterocycles. The van der Waals surface area contributed by atoms with Crippen LogP contribution in [0.15, 0.2) is 170 Å². The van der Waals surface area contributed by atoms with Crippen LogP contribution in [-0.2, 0) is 0 Å². The lowest BCUT2D eigenvalue weighted by molar-refractivity contribution is 1.09. The van der Waals surface area contributed by atoms with Gasteiger partial charge in [-0.05, 0) is 24.3 Å². The van der Waals surface area contributed by atoms with E-state index in [1.165, 1.54) is 6.42 Å². The van der Waals surface area contributed by atoms with E-state index < -0.39 is 0 Å². The molecule has 0 spiro atoms. The summed E-state index contributed by atoms with van der Waals surface area (Å²) < 4.78 is 0. The van der Waals surface area contributed by atoms with Gasteiger partial charge >= 0.3 is 0 Å². The number of halogens is 2. The molecule has 0 unspecified atom stereocenters. The van der Waals surface area contributed by atoms with Gasteiger partial charge in [-0.3, -0.25) is 0 Å². The highest BCUT2D eigenvalue weighted by Gasteiger charge is 2.17. The Morgan fingerprint density at radius 1 is 0.392 bits per heavy atom. The first kappa shape index (κ1) is 35.2. The zero-order valence-electron chi connectivity index (χ0n) is 28.5. The Morgan fingerprint density at radius 3 is 0.980 bits per heavy atom. The Balaban J connectivity index is 0.000000163. The first-order valence-corrected chi connectivity index (χ1v) is 17.7. The molecule has 0 saturated heterocycles. The maximum atomic E-state index is 6.35. The molecule has 0 aliphatic carbocycles. The van der Waals surface area contributed by atoms with Gasteiger partial charge in [-0.15, -0.1) is 0 Å². The quantitative estimate of drug-likeness (QED) is 0.181. The van der Waals surface area contributed by atoms with Gasteiger partial charge in [-0.2, -0.15) is 0 Å². The van der Waals surface area contributed by atoms with Crippen LogP contribution in [-0.4, -0.2) is 19.9 Å². The second-order valence-electron chi connectivity index (χ2n) is 11.7. The third-order valence-corrected chi connectivity index (χ3v) is 8.54. The van der Waals surface area contributed by atoms with Crippen LogP contribution in [0.1, 0.15) is 20.3 Å². The number of imidazole rings is 2. The van der Waals surface area contributed by atoms with E-state index in [4.69, 9.17) is 33.2 Å². The van der Waals surface area contributed by atoms with Gasteiger partial charge < -0.3 is 9.97 Å². The van der Waals surface area contributed by atoms with E-state index in [0.29, 0.717) is 10.0 Å². The minimum absolute atomic E-state index is 0.686. The topological polar surface area (TPSA) is 57.4 Å². The van der Waals surface area contributed by atoms with Gasteiger partial charge in [-0.25, -0.2) is 9.97 Å². The van der Waals surface area contributed by atoms with Gasteiger partial charge in [0.1, 0.15) is 11.6 Å². The standard InChI is InChI=1S/2C21H15ClN2.C3H8/c2*22-18-14-8-7-13-17(18)21-23-19(15-9-3-1-4-10-15)20(24-21)16-11-5-2-6-12-16;1-3-2/h2*1-14H,(H,23,24);3H2,1-2H3. The number of aromatic amines is 2. The zero-order valence-corrected chi connectivity index (χ0v) is 30.0. The number of H-pyrrole nitrogens is 2. The average Bonchev–Trinajstić information content (AvgIpc) is 3.84. The van der Waals surface area contributed by atoms with Gasteiger partial charge in [0.2, 0.25) is 0 Å². The molecule has 0 saturated carbocycles. The fourth-order valence-corrected chi connectivity index (χ4v) is 6.00. The van der Waals surface area contributed by atoms with Gasteiger partial charge in [0.25, 0.3) is 0 Å². The Labute approximate surface area is 309 Å². The molecule has 252 valence electrons. The van der Waals surface area contributed by atoms with Crippen LogP contribution in [0.5, 0.6) is 0 Å². The van der Waals surface area contributed by atoms with Crippen molar-refractivity contribution in [3.05, 3.63) is 180 Å². The van der Waals surface area contributed by atoms with E-state index >= 15 is 0 Å². The zero-order chi connectivity index (χ0) is 35.4. The molecule has 0 aliphatic rings. The molecular weight excluding hydrogens is 667 g/mol. The predicted molar refractivity (Wildman–Crippen MR) is 216 cm³/mol. The van der Waals surface area contributed by atoms with Crippen LogP contribution in [0.25, 0.3) is 67.8 Å². The third kappa shape index (κ3) is 8.56. The van der Waals surface area contributed by atoms with Crippen molar-refractivity contribution in [2.45, 2.75) is 20.3 Å². The van der Waals surface area contributed by atoms with Crippen molar-refractivity contribution < 1.29 is 0 Å². The van der Waals surface area contributed by atoms with Crippen molar-refractivity contribution in [3.8, 4) is 67.8 Å². The number of nitrogens with zero attached hydrogens (tertiary/aromatic N) is 2. The molecule has 0 radical (unpaired) electrons. The largest absolute Gasteiger partial charge is 0.337 e. The predicted octanol–water partition coefficient (Wildman–Crippen LogP) is 13.5. The van der Waals surface area contributed by atoms with Crippen molar-refractivity contribution in [1.29, 1.82) is 0 Å². The summed E-state index contributed by atoms with van der Waals surface area (Å²) >= 11 is 12.7. The van der Waals surface area contributed by atoms with Crippen molar-refractivity contribution in [2.75, 3.05) is 0 Å². The van der Waals surface area contributed by atoms with E-state index in [9.17, 15) is 0 Å². The van der Waals surface area contributed by atoms with Crippen LogP contribution in [0, 0.1) is 0 Å². The number of rotatable bonds is 6. The van der Waals surface area contributed by atoms with Crippen LogP contribution < -0.4 is 0 Å². The van der Waals surface area contributed by atoms with Crippen LogP contribution in [0.3, 0.4) is 0 Å². The molecule has 0 atom stereocenters. The highest BCUT2D eigenvalue weighted by atomic mass is 35.5. The fraction of sp³-hybridized carbons (Fsp3) is 0.0667. The smallest absolute Gasteiger partial charge is 0.140 e. The maximum absolute atomic E-state index is 6.35. The van der Waals surface area contributed by atoms with Gasteiger partial charge in [0.15, 0.2) is 0 Å². The molecule has 0 aliphatic heterocycles. The maximum Gasteiger partial charge on any atom is 0.140 e. The molecule has 4 nitrogen and oxygen atoms in total. The summed E-state index contributed by atoms with van der Waals surface area (Å²) in [5, 5.41) is 1.37. The molecule has 2 heterocycles. The van der Waals surface area contributed by atoms with Crippen molar-refractivity contribution >= 4 is 23.2 Å². The van der Waals surface area contributed by atoms with Crippen LogP contribution >= 0.6 is 23.2 Å². The Hall–Kier alpha value is -5.68. The minimum Gasteiger partial charge on any atom is -0.337 e. The molecule has 0 bridgehead atoms. The minimum atomic E-state index is 0.686. The lowest BCUT2D eigenvalue weighted by atomic mass is 10.1. The van der Waals surface area contributed by atoms with Crippen molar-refractivity contribution in [2.24, 2.45) is 0 Å². The number of benzene rings is 6. The third-order valence-electron chi connectivity index (χ3n) is 7.88. The summed E-state index contributed by atoms with van der Waals surface area (Å²) in [6, 6.07) is 56.3. The Kier molecular flexibility index (Phi) is 11.9. The summed E-state index contributed by atoms with van der Waals surface area (Å²) in [5.41, 5.74) is 10.0. The van der Waals surface area contributed by atoms with Crippen molar-refractivity contribution in [3.63, 3.8) is 0 Å². The van der Waals surface area contributed by atoms with Gasteiger partial charge in [-0.1, -0.05) is 189 Å².